The number of nitrogens with one attached hydrogen (secondary N) is 2. The van der Waals surface area contributed by atoms with Crippen LogP contribution in [0.4, 0.5) is 0 Å². The molecule has 0 fully saturated rings. The fourth-order valence-electron chi connectivity index (χ4n) is 1.87. The van der Waals surface area contributed by atoms with Crippen LogP contribution in [0.3, 0.4) is 0 Å². The van der Waals surface area contributed by atoms with Crippen LogP contribution in [0.1, 0.15) is 60.8 Å². The van der Waals surface area contributed by atoms with E-state index in [0.29, 0.717) is 0 Å². The van der Waals surface area contributed by atoms with Gasteiger partial charge in [0.2, 0.25) is 5.91 Å². The lowest BCUT2D eigenvalue weighted by atomic mass is 9.97. The molecule has 1 atom stereocenters. The molecule has 0 saturated carbocycles. The van der Waals surface area contributed by atoms with Gasteiger partial charge in [-0.05, 0) is 46.6 Å². The Balaban J connectivity index is 4.07. The third-order valence-electron chi connectivity index (χ3n) is 2.86. The molecule has 0 aliphatic carbocycles. The van der Waals surface area contributed by atoms with Crippen molar-refractivity contribution in [3.05, 3.63) is 0 Å². The maximum absolute atomic E-state index is 12.0. The number of amides is 1. The maximum atomic E-state index is 12.0. The van der Waals surface area contributed by atoms with E-state index < -0.39 is 0 Å². The van der Waals surface area contributed by atoms with E-state index in [4.69, 9.17) is 0 Å². The average Bonchev–Trinajstić information content (AvgIpc) is 2.23. The van der Waals surface area contributed by atoms with Gasteiger partial charge in [0, 0.05) is 18.4 Å². The molecule has 0 radical (unpaired) electrons. The molecule has 4 nitrogen and oxygen atoms in total. The minimum absolute atomic E-state index is 0.0375. The first-order valence-corrected chi connectivity index (χ1v) is 7.19. The van der Waals surface area contributed by atoms with Gasteiger partial charge in [-0.1, -0.05) is 13.8 Å². The van der Waals surface area contributed by atoms with Crippen LogP contribution in [-0.4, -0.2) is 29.8 Å². The summed E-state index contributed by atoms with van der Waals surface area (Å²) in [6.07, 6.45) is 2.67. The molecular formula is C15H30N2O2. The lowest BCUT2D eigenvalue weighted by Gasteiger charge is -2.21. The van der Waals surface area contributed by atoms with Crippen LogP contribution >= 0.6 is 0 Å². The molecule has 0 rings (SSSR count). The molecule has 4 heteroatoms. The Morgan fingerprint density at radius 2 is 1.68 bits per heavy atom. The zero-order valence-electron chi connectivity index (χ0n) is 13.3. The Labute approximate surface area is 117 Å². The van der Waals surface area contributed by atoms with Crippen LogP contribution < -0.4 is 10.6 Å². The maximum Gasteiger partial charge on any atom is 0.217 e. The normalized spacial score (nSPS) is 13.4. The molecule has 19 heavy (non-hydrogen) atoms. The van der Waals surface area contributed by atoms with Crippen molar-refractivity contribution < 1.29 is 9.59 Å². The molecule has 0 heterocycles. The van der Waals surface area contributed by atoms with Crippen molar-refractivity contribution >= 4 is 11.7 Å². The Morgan fingerprint density at radius 1 is 1.11 bits per heavy atom. The standard InChI is InChI=1S/C15H30N2O2/c1-11(2)14(19)13(17-12(3)18)9-7-8-10-16-15(4,5)6/h11,13,16H,7-10H2,1-6H3,(H,17,18). The Bertz CT molecular complexity index is 293. The van der Waals surface area contributed by atoms with E-state index in [2.05, 4.69) is 31.4 Å². The van der Waals surface area contributed by atoms with Crippen LogP contribution in [0.25, 0.3) is 0 Å². The number of hydrogen-bond donors (Lipinski definition) is 2. The van der Waals surface area contributed by atoms with Gasteiger partial charge in [-0.15, -0.1) is 0 Å². The molecule has 1 amide bonds. The fraction of sp³-hybridized carbons (Fsp3) is 0.867. The quantitative estimate of drug-likeness (QED) is 0.665. The Hall–Kier alpha value is -0.900. The van der Waals surface area contributed by atoms with Gasteiger partial charge < -0.3 is 10.6 Å². The minimum atomic E-state index is -0.327. The van der Waals surface area contributed by atoms with Crippen molar-refractivity contribution in [2.24, 2.45) is 5.92 Å². The summed E-state index contributed by atoms with van der Waals surface area (Å²) >= 11 is 0. The SMILES string of the molecule is CC(=O)NC(CCCCNC(C)(C)C)C(=O)C(C)C. The van der Waals surface area contributed by atoms with Gasteiger partial charge in [0.05, 0.1) is 6.04 Å². The molecule has 0 saturated heterocycles. The summed E-state index contributed by atoms with van der Waals surface area (Å²) in [5.74, 6) is -0.0460. The van der Waals surface area contributed by atoms with Crippen LogP contribution in [0, 0.1) is 5.92 Å². The van der Waals surface area contributed by atoms with E-state index in [1.165, 1.54) is 6.92 Å². The van der Waals surface area contributed by atoms with Crippen molar-refractivity contribution in [2.75, 3.05) is 6.54 Å². The summed E-state index contributed by atoms with van der Waals surface area (Å²) in [7, 11) is 0. The smallest absolute Gasteiger partial charge is 0.217 e. The number of Topliss-reactive ketones (excluding diaryl/α,β-unsaturated/α-hetero) is 1. The molecule has 0 aliphatic heterocycles. The van der Waals surface area contributed by atoms with Crippen molar-refractivity contribution in [3.63, 3.8) is 0 Å². The van der Waals surface area contributed by atoms with Crippen molar-refractivity contribution in [1.29, 1.82) is 0 Å². The number of unbranched alkanes of at least 4 members (excludes halogenated alkanes) is 1. The third kappa shape index (κ3) is 9.65. The number of carbonyl (C=O) groups is 2. The molecule has 0 spiro atoms. The molecule has 2 N–H and O–H groups in total. The second kappa shape index (κ2) is 8.31. The van der Waals surface area contributed by atoms with Crippen LogP contribution in [0.5, 0.6) is 0 Å². The zero-order chi connectivity index (χ0) is 15.1. The predicted molar refractivity (Wildman–Crippen MR) is 79.1 cm³/mol. The number of ketones is 1. The predicted octanol–water partition coefficient (Wildman–Crippen LogP) is 2.27. The van der Waals surface area contributed by atoms with Crippen LogP contribution in [0.2, 0.25) is 0 Å². The molecule has 0 aliphatic rings. The first-order valence-electron chi connectivity index (χ1n) is 7.19. The van der Waals surface area contributed by atoms with Crippen LogP contribution in [-0.2, 0) is 9.59 Å². The lowest BCUT2D eigenvalue weighted by Crippen LogP contribution is -2.42. The molecule has 0 aromatic heterocycles. The van der Waals surface area contributed by atoms with E-state index in [1.807, 2.05) is 13.8 Å². The molecule has 112 valence electrons. The largest absolute Gasteiger partial charge is 0.347 e. The van der Waals surface area contributed by atoms with Crippen LogP contribution in [0.15, 0.2) is 0 Å². The third-order valence-corrected chi connectivity index (χ3v) is 2.86. The second-order valence-corrected chi connectivity index (χ2v) is 6.48. The highest BCUT2D eigenvalue weighted by Gasteiger charge is 2.21. The van der Waals surface area contributed by atoms with E-state index in [1.54, 1.807) is 0 Å². The van der Waals surface area contributed by atoms with E-state index >= 15 is 0 Å². The molecule has 1 unspecified atom stereocenters. The van der Waals surface area contributed by atoms with E-state index in [0.717, 1.165) is 25.8 Å². The fourth-order valence-corrected chi connectivity index (χ4v) is 1.87. The molecule has 0 aromatic carbocycles. The van der Waals surface area contributed by atoms with Gasteiger partial charge >= 0.3 is 0 Å². The van der Waals surface area contributed by atoms with E-state index in [9.17, 15) is 9.59 Å². The molecule has 0 aromatic rings. The van der Waals surface area contributed by atoms with Gasteiger partial charge in [-0.3, -0.25) is 9.59 Å². The highest BCUT2D eigenvalue weighted by Crippen LogP contribution is 2.08. The van der Waals surface area contributed by atoms with Gasteiger partial charge in [0.15, 0.2) is 5.78 Å². The Morgan fingerprint density at radius 3 is 2.11 bits per heavy atom. The average molecular weight is 270 g/mol. The summed E-state index contributed by atoms with van der Waals surface area (Å²) < 4.78 is 0. The van der Waals surface area contributed by atoms with Gasteiger partial charge in [0.1, 0.15) is 0 Å². The van der Waals surface area contributed by atoms with Crippen molar-refractivity contribution in [2.45, 2.75) is 72.4 Å². The van der Waals surface area contributed by atoms with Gasteiger partial charge in [-0.25, -0.2) is 0 Å². The summed E-state index contributed by atoms with van der Waals surface area (Å²) in [6.45, 7) is 12.5. The number of hydrogen-bond acceptors (Lipinski definition) is 3. The number of carbonyl (C=O) groups excluding carboxylic acids is 2. The lowest BCUT2D eigenvalue weighted by molar-refractivity contribution is -0.128. The van der Waals surface area contributed by atoms with Gasteiger partial charge in [-0.2, -0.15) is 0 Å². The van der Waals surface area contributed by atoms with Gasteiger partial charge in [0.25, 0.3) is 0 Å². The van der Waals surface area contributed by atoms with Crippen molar-refractivity contribution in [1.82, 2.24) is 10.6 Å². The summed E-state index contributed by atoms with van der Waals surface area (Å²) in [6, 6.07) is -0.327. The first-order chi connectivity index (χ1) is 8.63. The second-order valence-electron chi connectivity index (χ2n) is 6.48. The summed E-state index contributed by atoms with van der Waals surface area (Å²) in [4.78, 5) is 23.1. The number of rotatable bonds is 8. The van der Waals surface area contributed by atoms with E-state index in [-0.39, 0.29) is 29.2 Å². The summed E-state index contributed by atoms with van der Waals surface area (Å²) in [5.41, 5.74) is 0.130. The highest BCUT2D eigenvalue weighted by molar-refractivity contribution is 5.89. The Kier molecular flexibility index (Phi) is 7.91. The van der Waals surface area contributed by atoms with Crippen molar-refractivity contribution in [3.8, 4) is 0 Å². The monoisotopic (exact) mass is 270 g/mol. The topological polar surface area (TPSA) is 58.2 Å². The zero-order valence-corrected chi connectivity index (χ0v) is 13.3. The molecule has 0 bridgehead atoms. The highest BCUT2D eigenvalue weighted by atomic mass is 16.2. The molecular weight excluding hydrogens is 240 g/mol. The first kappa shape index (κ1) is 18.1. The summed E-state index contributed by atoms with van der Waals surface area (Å²) in [5, 5.41) is 6.18. The minimum Gasteiger partial charge on any atom is -0.347 e.